The number of hydrogen-bond donors (Lipinski definition) is 1. The first kappa shape index (κ1) is 18.6. The van der Waals surface area contributed by atoms with E-state index in [1.807, 2.05) is 4.57 Å². The van der Waals surface area contributed by atoms with Crippen LogP contribution in [0.4, 0.5) is 18.9 Å². The van der Waals surface area contributed by atoms with E-state index in [1.54, 1.807) is 11.4 Å². The average molecular weight is 375 g/mol. The molecule has 0 aliphatic carbocycles. The van der Waals surface area contributed by atoms with E-state index >= 15 is 0 Å². The van der Waals surface area contributed by atoms with Crippen molar-refractivity contribution in [1.82, 2.24) is 14.8 Å². The van der Waals surface area contributed by atoms with E-state index in [4.69, 9.17) is 0 Å². The minimum absolute atomic E-state index is 0.0107. The molecule has 2 heterocycles. The van der Waals surface area contributed by atoms with Crippen LogP contribution in [0.2, 0.25) is 0 Å². The Balaban J connectivity index is 1.89. The van der Waals surface area contributed by atoms with Crippen molar-refractivity contribution >= 4 is 23.2 Å². The molecule has 1 amide bonds. The molecule has 1 aliphatic rings. The van der Waals surface area contributed by atoms with E-state index in [2.05, 4.69) is 16.3 Å². The van der Waals surface area contributed by atoms with Crippen LogP contribution in [0.15, 0.2) is 24.3 Å². The number of fused-ring (bicyclic) bond motifs is 1. The first-order valence-electron chi connectivity index (χ1n) is 8.41. The van der Waals surface area contributed by atoms with Crippen LogP contribution in [-0.2, 0) is 17.8 Å². The molecule has 0 radical (unpaired) electrons. The summed E-state index contributed by atoms with van der Waals surface area (Å²) in [5, 5.41) is 19.6. The van der Waals surface area contributed by atoms with E-state index in [0.29, 0.717) is 11.4 Å². The second-order valence-electron chi connectivity index (χ2n) is 6.15. The molecule has 0 saturated heterocycles. The molecule has 0 saturated carbocycles. The van der Waals surface area contributed by atoms with Gasteiger partial charge in [0, 0.05) is 18.7 Å². The van der Waals surface area contributed by atoms with Crippen LogP contribution >= 0.6 is 0 Å². The number of aromatic nitrogens is 3. The topological polar surface area (TPSA) is 83.6 Å². The summed E-state index contributed by atoms with van der Waals surface area (Å²) in [6, 6.07) is 7.91. The number of nitriles is 1. The number of nitrogens with zero attached hydrogens (tertiary/aromatic N) is 4. The molecule has 1 aromatic carbocycles. The van der Waals surface area contributed by atoms with Crippen molar-refractivity contribution in [2.24, 2.45) is 0 Å². The Labute approximate surface area is 153 Å². The molecule has 0 spiro atoms. The first-order chi connectivity index (χ1) is 12.9. The number of allylic oxidation sites excluding steroid dienone is 1. The molecule has 1 aromatic heterocycles. The monoisotopic (exact) mass is 375 g/mol. The molecule has 1 aliphatic heterocycles. The highest BCUT2D eigenvalue weighted by atomic mass is 19.4. The third kappa shape index (κ3) is 4.34. The van der Waals surface area contributed by atoms with E-state index < -0.39 is 12.1 Å². The van der Waals surface area contributed by atoms with Gasteiger partial charge in [-0.1, -0.05) is 18.6 Å². The minimum atomic E-state index is -4.97. The molecule has 0 fully saturated rings. The standard InChI is InChI=1S/C18H16F3N5O/c19-18(20,21)17(27)23-14-6-4-5-12(10-14)9-13(11-22)16-25-24-15-7-2-1-3-8-26(15)16/h4-6,9-10H,1-3,7-8H2,(H,23,27)/b13-9+. The Morgan fingerprint density at radius 1 is 1.26 bits per heavy atom. The summed E-state index contributed by atoms with van der Waals surface area (Å²) in [5.74, 6) is -0.777. The van der Waals surface area contributed by atoms with Gasteiger partial charge in [0.05, 0.1) is 5.57 Å². The second kappa shape index (κ2) is 7.61. The first-order valence-corrected chi connectivity index (χ1v) is 8.41. The zero-order valence-electron chi connectivity index (χ0n) is 14.3. The molecule has 2 aromatic rings. The second-order valence-corrected chi connectivity index (χ2v) is 6.15. The van der Waals surface area contributed by atoms with E-state index in [0.717, 1.165) is 38.1 Å². The van der Waals surface area contributed by atoms with Crippen molar-refractivity contribution in [2.45, 2.75) is 38.4 Å². The summed E-state index contributed by atoms with van der Waals surface area (Å²) >= 11 is 0. The van der Waals surface area contributed by atoms with Gasteiger partial charge in [0.15, 0.2) is 5.82 Å². The molecule has 9 heteroatoms. The van der Waals surface area contributed by atoms with Crippen LogP contribution in [0.3, 0.4) is 0 Å². The maximum atomic E-state index is 12.4. The summed E-state index contributed by atoms with van der Waals surface area (Å²) in [7, 11) is 0. The van der Waals surface area contributed by atoms with Gasteiger partial charge in [0.25, 0.3) is 0 Å². The van der Waals surface area contributed by atoms with Gasteiger partial charge < -0.3 is 9.88 Å². The lowest BCUT2D eigenvalue weighted by Gasteiger charge is -2.09. The quantitative estimate of drug-likeness (QED) is 0.832. The zero-order valence-corrected chi connectivity index (χ0v) is 14.3. The minimum Gasteiger partial charge on any atom is -0.318 e. The van der Waals surface area contributed by atoms with Gasteiger partial charge in [0.1, 0.15) is 11.9 Å². The fraction of sp³-hybridized carbons (Fsp3) is 0.333. The Hall–Kier alpha value is -3.15. The van der Waals surface area contributed by atoms with Gasteiger partial charge in [0.2, 0.25) is 0 Å². The Bertz CT molecular complexity index is 924. The summed E-state index contributed by atoms with van der Waals surface area (Å²) < 4.78 is 39.1. The number of rotatable bonds is 3. The molecule has 3 rings (SSSR count). The smallest absolute Gasteiger partial charge is 0.318 e. The fourth-order valence-corrected chi connectivity index (χ4v) is 2.91. The van der Waals surface area contributed by atoms with Crippen molar-refractivity contribution in [3.63, 3.8) is 0 Å². The predicted molar refractivity (Wildman–Crippen MR) is 92.2 cm³/mol. The average Bonchev–Trinajstić information content (AvgIpc) is 2.87. The van der Waals surface area contributed by atoms with E-state index in [1.165, 1.54) is 24.3 Å². The predicted octanol–water partition coefficient (Wildman–Crippen LogP) is 3.57. The third-order valence-electron chi connectivity index (χ3n) is 4.18. The summed E-state index contributed by atoms with van der Waals surface area (Å²) in [5.41, 5.74) is 0.718. The van der Waals surface area contributed by atoms with Gasteiger partial charge >= 0.3 is 12.1 Å². The number of halogens is 3. The molecule has 0 unspecified atom stereocenters. The number of carbonyl (C=O) groups excluding carboxylic acids is 1. The number of aryl methyl sites for hydroxylation is 1. The van der Waals surface area contributed by atoms with Gasteiger partial charge in [-0.25, -0.2) is 0 Å². The molecular formula is C18H16F3N5O. The van der Waals surface area contributed by atoms with Gasteiger partial charge in [-0.15, -0.1) is 10.2 Å². The van der Waals surface area contributed by atoms with Crippen molar-refractivity contribution in [3.05, 3.63) is 41.5 Å². The van der Waals surface area contributed by atoms with Crippen LogP contribution in [0, 0.1) is 11.3 Å². The zero-order chi connectivity index (χ0) is 19.4. The summed E-state index contributed by atoms with van der Waals surface area (Å²) in [4.78, 5) is 11.1. The molecule has 0 atom stereocenters. The number of nitrogens with one attached hydrogen (secondary N) is 1. The number of alkyl halides is 3. The summed E-state index contributed by atoms with van der Waals surface area (Å²) in [6.45, 7) is 0.721. The maximum Gasteiger partial charge on any atom is 0.471 e. The van der Waals surface area contributed by atoms with Crippen LogP contribution < -0.4 is 5.32 Å². The molecular weight excluding hydrogens is 359 g/mol. The molecule has 27 heavy (non-hydrogen) atoms. The lowest BCUT2D eigenvalue weighted by atomic mass is 10.1. The fourth-order valence-electron chi connectivity index (χ4n) is 2.91. The van der Waals surface area contributed by atoms with Crippen molar-refractivity contribution in [3.8, 4) is 6.07 Å². The molecule has 1 N–H and O–H groups in total. The molecule has 0 bridgehead atoms. The van der Waals surface area contributed by atoms with Gasteiger partial charge in [-0.3, -0.25) is 4.79 Å². The lowest BCUT2D eigenvalue weighted by molar-refractivity contribution is -0.167. The van der Waals surface area contributed by atoms with E-state index in [-0.39, 0.29) is 11.3 Å². The van der Waals surface area contributed by atoms with Crippen LogP contribution in [0.1, 0.15) is 36.5 Å². The van der Waals surface area contributed by atoms with Crippen molar-refractivity contribution < 1.29 is 18.0 Å². The van der Waals surface area contributed by atoms with Gasteiger partial charge in [-0.05, 0) is 36.6 Å². The highest BCUT2D eigenvalue weighted by Gasteiger charge is 2.38. The highest BCUT2D eigenvalue weighted by molar-refractivity contribution is 5.95. The number of amides is 1. The Morgan fingerprint density at radius 3 is 2.81 bits per heavy atom. The normalized spacial score (nSPS) is 14.8. The molecule has 140 valence electrons. The SMILES string of the molecule is N#C/C(=C\c1cccc(NC(=O)C(F)(F)F)c1)c1nnc2n1CCCCC2. The maximum absolute atomic E-state index is 12.4. The van der Waals surface area contributed by atoms with Crippen LogP contribution in [-0.4, -0.2) is 26.8 Å². The number of hydrogen-bond acceptors (Lipinski definition) is 4. The van der Waals surface area contributed by atoms with E-state index in [9.17, 15) is 23.2 Å². The number of carbonyl (C=O) groups is 1. The number of anilines is 1. The third-order valence-corrected chi connectivity index (χ3v) is 4.18. The largest absolute Gasteiger partial charge is 0.471 e. The van der Waals surface area contributed by atoms with Crippen molar-refractivity contribution in [2.75, 3.05) is 5.32 Å². The summed E-state index contributed by atoms with van der Waals surface area (Å²) in [6.07, 6.45) is 0.411. The lowest BCUT2D eigenvalue weighted by Crippen LogP contribution is -2.29. The highest BCUT2D eigenvalue weighted by Crippen LogP contribution is 2.23. The van der Waals surface area contributed by atoms with Crippen molar-refractivity contribution in [1.29, 1.82) is 5.26 Å². The van der Waals surface area contributed by atoms with Gasteiger partial charge in [-0.2, -0.15) is 18.4 Å². The van der Waals surface area contributed by atoms with Crippen LogP contribution in [0.25, 0.3) is 11.6 Å². The molecule has 6 nitrogen and oxygen atoms in total. The Morgan fingerprint density at radius 2 is 2.07 bits per heavy atom. The number of benzene rings is 1. The Kier molecular flexibility index (Phi) is 5.26. The van der Waals surface area contributed by atoms with Crippen LogP contribution in [0.5, 0.6) is 0 Å².